The van der Waals surface area contributed by atoms with Crippen LogP contribution in [0.3, 0.4) is 0 Å². The van der Waals surface area contributed by atoms with Crippen molar-refractivity contribution in [1.29, 1.82) is 0 Å². The van der Waals surface area contributed by atoms with Crippen LogP contribution in [0.5, 0.6) is 5.88 Å². The Kier molecular flexibility index (Phi) is 4.81. The Morgan fingerprint density at radius 3 is 2.71 bits per heavy atom. The SMILES string of the molecule is CNCc1scc(C)c1S(=O)(=O)Nc1ccc(OC)nc1. The number of ether oxygens (including phenoxy) is 1. The molecule has 114 valence electrons. The van der Waals surface area contributed by atoms with Crippen LogP contribution in [0.2, 0.25) is 0 Å². The third kappa shape index (κ3) is 3.52. The predicted octanol–water partition coefficient (Wildman–Crippen LogP) is 1.98. The molecule has 0 aromatic carbocycles. The normalized spacial score (nSPS) is 11.4. The van der Waals surface area contributed by atoms with Gasteiger partial charge in [0.05, 0.1) is 19.0 Å². The number of hydrogen-bond acceptors (Lipinski definition) is 6. The zero-order valence-electron chi connectivity index (χ0n) is 12.0. The maximum Gasteiger partial charge on any atom is 0.263 e. The largest absolute Gasteiger partial charge is 0.481 e. The van der Waals surface area contributed by atoms with E-state index in [4.69, 9.17) is 4.74 Å². The Morgan fingerprint density at radius 1 is 1.38 bits per heavy atom. The van der Waals surface area contributed by atoms with Gasteiger partial charge in [0.2, 0.25) is 5.88 Å². The standard InChI is InChI=1S/C13H17N3O3S2/c1-9-8-20-11(7-14-2)13(9)21(17,18)16-10-4-5-12(19-3)15-6-10/h4-6,8,14,16H,7H2,1-3H3. The highest BCUT2D eigenvalue weighted by Crippen LogP contribution is 2.28. The summed E-state index contributed by atoms with van der Waals surface area (Å²) in [5, 5.41) is 4.82. The molecule has 0 bridgehead atoms. The second-order valence-electron chi connectivity index (χ2n) is 4.40. The second kappa shape index (κ2) is 6.42. The molecule has 0 saturated heterocycles. The first-order chi connectivity index (χ1) is 9.97. The Morgan fingerprint density at radius 2 is 2.14 bits per heavy atom. The van der Waals surface area contributed by atoms with Gasteiger partial charge in [0.1, 0.15) is 4.90 Å². The van der Waals surface area contributed by atoms with Gasteiger partial charge in [-0.25, -0.2) is 13.4 Å². The highest BCUT2D eigenvalue weighted by Gasteiger charge is 2.22. The fourth-order valence-corrected chi connectivity index (χ4v) is 4.77. The number of hydrogen-bond donors (Lipinski definition) is 2. The van der Waals surface area contributed by atoms with Crippen molar-refractivity contribution >= 4 is 27.0 Å². The summed E-state index contributed by atoms with van der Waals surface area (Å²) >= 11 is 1.43. The van der Waals surface area contributed by atoms with E-state index in [-0.39, 0.29) is 0 Å². The van der Waals surface area contributed by atoms with Crippen LogP contribution in [-0.2, 0) is 16.6 Å². The lowest BCUT2D eigenvalue weighted by molar-refractivity contribution is 0.398. The van der Waals surface area contributed by atoms with E-state index in [1.54, 1.807) is 26.1 Å². The van der Waals surface area contributed by atoms with E-state index >= 15 is 0 Å². The third-order valence-electron chi connectivity index (χ3n) is 2.79. The lowest BCUT2D eigenvalue weighted by Crippen LogP contribution is -2.16. The molecule has 2 aromatic rings. The van der Waals surface area contributed by atoms with Crippen LogP contribution in [0.25, 0.3) is 0 Å². The average Bonchev–Trinajstić information content (AvgIpc) is 2.81. The van der Waals surface area contributed by atoms with Crippen molar-refractivity contribution < 1.29 is 13.2 Å². The van der Waals surface area contributed by atoms with E-state index < -0.39 is 10.0 Å². The van der Waals surface area contributed by atoms with Crippen molar-refractivity contribution in [2.75, 3.05) is 18.9 Å². The van der Waals surface area contributed by atoms with Crippen LogP contribution >= 0.6 is 11.3 Å². The Labute approximate surface area is 128 Å². The number of methoxy groups -OCH3 is 1. The molecule has 2 heterocycles. The molecule has 0 aliphatic rings. The minimum atomic E-state index is -3.63. The Hall–Kier alpha value is -1.64. The first kappa shape index (κ1) is 15.7. The summed E-state index contributed by atoms with van der Waals surface area (Å²) in [6.07, 6.45) is 1.43. The van der Waals surface area contributed by atoms with E-state index in [1.165, 1.54) is 24.6 Å². The molecule has 0 atom stereocenters. The summed E-state index contributed by atoms with van der Waals surface area (Å²) in [4.78, 5) is 5.10. The van der Waals surface area contributed by atoms with Crippen LogP contribution in [0.4, 0.5) is 5.69 Å². The van der Waals surface area contributed by atoms with Gasteiger partial charge >= 0.3 is 0 Å². The van der Waals surface area contributed by atoms with Gasteiger partial charge in [0.25, 0.3) is 10.0 Å². The molecule has 0 fully saturated rings. The molecule has 0 saturated carbocycles. The Balaban J connectivity index is 2.31. The van der Waals surface area contributed by atoms with E-state index in [0.29, 0.717) is 23.0 Å². The number of aryl methyl sites for hydroxylation is 1. The number of aromatic nitrogens is 1. The van der Waals surface area contributed by atoms with Gasteiger partial charge in [-0.1, -0.05) is 0 Å². The van der Waals surface area contributed by atoms with Crippen LogP contribution in [0.15, 0.2) is 28.6 Å². The van der Waals surface area contributed by atoms with Crippen LogP contribution < -0.4 is 14.8 Å². The van der Waals surface area contributed by atoms with Crippen molar-refractivity contribution in [3.63, 3.8) is 0 Å². The summed E-state index contributed by atoms with van der Waals surface area (Å²) in [5.74, 6) is 0.431. The Bertz CT molecular complexity index is 709. The molecule has 0 spiro atoms. The summed E-state index contributed by atoms with van der Waals surface area (Å²) < 4.78 is 32.6. The highest BCUT2D eigenvalue weighted by molar-refractivity contribution is 7.93. The van der Waals surface area contributed by atoms with Crippen molar-refractivity contribution in [1.82, 2.24) is 10.3 Å². The quantitative estimate of drug-likeness (QED) is 0.848. The topological polar surface area (TPSA) is 80.3 Å². The molecule has 2 rings (SSSR count). The van der Waals surface area contributed by atoms with Crippen molar-refractivity contribution in [3.05, 3.63) is 34.2 Å². The number of sulfonamides is 1. The maximum absolute atomic E-state index is 12.5. The zero-order valence-corrected chi connectivity index (χ0v) is 13.6. The molecule has 0 radical (unpaired) electrons. The van der Waals surface area contributed by atoms with Crippen LogP contribution in [-0.4, -0.2) is 27.6 Å². The summed E-state index contributed by atoms with van der Waals surface area (Å²) in [5.41, 5.74) is 1.14. The van der Waals surface area contributed by atoms with Gasteiger partial charge < -0.3 is 10.1 Å². The van der Waals surface area contributed by atoms with Crippen molar-refractivity contribution in [2.45, 2.75) is 18.4 Å². The van der Waals surface area contributed by atoms with E-state index in [9.17, 15) is 8.42 Å². The van der Waals surface area contributed by atoms with E-state index in [0.717, 1.165) is 10.4 Å². The monoisotopic (exact) mass is 327 g/mol. The predicted molar refractivity (Wildman–Crippen MR) is 83.4 cm³/mol. The lowest BCUT2D eigenvalue weighted by atomic mass is 10.3. The fraction of sp³-hybridized carbons (Fsp3) is 0.308. The number of pyridine rings is 1. The molecule has 21 heavy (non-hydrogen) atoms. The highest BCUT2D eigenvalue weighted by atomic mass is 32.2. The number of rotatable bonds is 6. The lowest BCUT2D eigenvalue weighted by Gasteiger charge is -2.10. The maximum atomic E-state index is 12.5. The van der Waals surface area contributed by atoms with Gasteiger partial charge in [-0.2, -0.15) is 0 Å². The van der Waals surface area contributed by atoms with E-state index in [2.05, 4.69) is 15.0 Å². The summed E-state index contributed by atoms with van der Waals surface area (Å²) in [7, 11) is -0.345. The molecule has 0 aliphatic heterocycles. The van der Waals surface area contributed by atoms with Crippen LogP contribution in [0, 0.1) is 6.92 Å². The number of anilines is 1. The molecule has 2 aromatic heterocycles. The molecule has 0 amide bonds. The molecule has 8 heteroatoms. The zero-order chi connectivity index (χ0) is 15.5. The van der Waals surface area contributed by atoms with Gasteiger partial charge in [0, 0.05) is 17.5 Å². The van der Waals surface area contributed by atoms with Gasteiger partial charge in [-0.3, -0.25) is 4.72 Å². The minimum absolute atomic E-state index is 0.331. The van der Waals surface area contributed by atoms with Crippen LogP contribution in [0.1, 0.15) is 10.4 Å². The molecule has 2 N–H and O–H groups in total. The molecule has 6 nitrogen and oxygen atoms in total. The average molecular weight is 327 g/mol. The van der Waals surface area contributed by atoms with Crippen molar-refractivity contribution in [2.24, 2.45) is 0 Å². The summed E-state index contributed by atoms with van der Waals surface area (Å²) in [6, 6.07) is 3.22. The molecular weight excluding hydrogens is 310 g/mol. The smallest absolute Gasteiger partial charge is 0.263 e. The van der Waals surface area contributed by atoms with Crippen molar-refractivity contribution in [3.8, 4) is 5.88 Å². The van der Waals surface area contributed by atoms with Gasteiger partial charge in [-0.15, -0.1) is 11.3 Å². The van der Waals surface area contributed by atoms with Gasteiger partial charge in [0.15, 0.2) is 0 Å². The fourth-order valence-electron chi connectivity index (χ4n) is 1.90. The third-order valence-corrected chi connectivity index (χ3v) is 5.64. The summed E-state index contributed by atoms with van der Waals surface area (Å²) in [6.45, 7) is 2.30. The first-order valence-electron chi connectivity index (χ1n) is 6.22. The number of thiophene rings is 1. The number of nitrogens with zero attached hydrogens (tertiary/aromatic N) is 1. The first-order valence-corrected chi connectivity index (χ1v) is 8.58. The minimum Gasteiger partial charge on any atom is -0.481 e. The number of nitrogens with one attached hydrogen (secondary N) is 2. The van der Waals surface area contributed by atoms with Gasteiger partial charge in [-0.05, 0) is 31.0 Å². The molecule has 0 unspecified atom stereocenters. The second-order valence-corrected chi connectivity index (χ2v) is 6.98. The molecular formula is C13H17N3O3S2. The molecule has 0 aliphatic carbocycles. The van der Waals surface area contributed by atoms with E-state index in [1.807, 2.05) is 5.38 Å².